The van der Waals surface area contributed by atoms with Crippen molar-refractivity contribution in [2.45, 2.75) is 25.7 Å². The van der Waals surface area contributed by atoms with Crippen molar-refractivity contribution in [3.8, 4) is 0 Å². The summed E-state index contributed by atoms with van der Waals surface area (Å²) in [6.45, 7) is 1.61. The van der Waals surface area contributed by atoms with E-state index in [-0.39, 0.29) is 18.3 Å². The molecule has 2 aromatic carbocycles. The molecule has 0 aromatic heterocycles. The van der Waals surface area contributed by atoms with Gasteiger partial charge in [0.15, 0.2) is 0 Å². The molecule has 2 aromatic rings. The lowest BCUT2D eigenvalue weighted by atomic mass is 9.90. The average Bonchev–Trinajstić information content (AvgIpc) is 3.02. The highest BCUT2D eigenvalue weighted by Gasteiger charge is 2.23. The number of benzene rings is 2. The zero-order chi connectivity index (χ0) is 23.0. The van der Waals surface area contributed by atoms with Gasteiger partial charge in [0.25, 0.3) is 0 Å². The second-order valence-corrected chi connectivity index (χ2v) is 9.31. The zero-order valence-corrected chi connectivity index (χ0v) is 19.6. The van der Waals surface area contributed by atoms with E-state index in [0.717, 1.165) is 43.7 Å². The van der Waals surface area contributed by atoms with Crippen LogP contribution in [-0.4, -0.2) is 47.8 Å². The summed E-state index contributed by atoms with van der Waals surface area (Å²) in [4.78, 5) is 31.4. The number of thioether (sulfide) groups is 1. The number of para-hydroxylation sites is 2. The van der Waals surface area contributed by atoms with Crippen molar-refractivity contribution in [1.82, 2.24) is 4.90 Å². The van der Waals surface area contributed by atoms with Gasteiger partial charge in [-0.1, -0.05) is 54.2 Å². The van der Waals surface area contributed by atoms with Crippen LogP contribution in [0.4, 0.5) is 11.4 Å². The zero-order valence-electron chi connectivity index (χ0n) is 18.8. The van der Waals surface area contributed by atoms with Crippen LogP contribution in [0.3, 0.4) is 0 Å². The molecule has 33 heavy (non-hydrogen) atoms. The predicted molar refractivity (Wildman–Crippen MR) is 134 cm³/mol. The molecule has 0 bridgehead atoms. The van der Waals surface area contributed by atoms with E-state index in [0.29, 0.717) is 22.4 Å². The predicted octanol–water partition coefficient (Wildman–Crippen LogP) is 4.80. The lowest BCUT2D eigenvalue weighted by Crippen LogP contribution is -2.40. The quantitative estimate of drug-likeness (QED) is 0.623. The van der Waals surface area contributed by atoms with E-state index in [1.807, 2.05) is 41.3 Å². The third-order valence-electron chi connectivity index (χ3n) is 5.97. The number of carbonyl (C=O) groups is 2. The summed E-state index contributed by atoms with van der Waals surface area (Å²) in [5.74, 6) is 0.759. The molecule has 6 nitrogen and oxygen atoms in total. The lowest BCUT2D eigenvalue weighted by molar-refractivity contribution is -0.139. The first-order valence-corrected chi connectivity index (χ1v) is 12.3. The number of ether oxygens (including phenoxy) is 1. The van der Waals surface area contributed by atoms with Gasteiger partial charge >= 0.3 is 5.97 Å². The molecule has 1 N–H and O–H groups in total. The molecule has 0 radical (unpaired) electrons. The largest absolute Gasteiger partial charge is 0.469 e. The van der Waals surface area contributed by atoms with E-state index in [9.17, 15) is 9.59 Å². The van der Waals surface area contributed by atoms with Crippen molar-refractivity contribution in [1.29, 1.82) is 0 Å². The maximum atomic E-state index is 12.9. The highest BCUT2D eigenvalue weighted by molar-refractivity contribution is 8.14. The van der Waals surface area contributed by atoms with Crippen LogP contribution < -0.4 is 5.32 Å². The number of hydrogen-bond donors (Lipinski definition) is 1. The third kappa shape index (κ3) is 6.48. The first-order chi connectivity index (χ1) is 16.1. The van der Waals surface area contributed by atoms with Crippen LogP contribution >= 0.6 is 11.8 Å². The minimum absolute atomic E-state index is 0.118. The van der Waals surface area contributed by atoms with Gasteiger partial charge in [0.05, 0.1) is 35.7 Å². The number of piperidine rings is 1. The van der Waals surface area contributed by atoms with E-state index in [1.54, 1.807) is 0 Å². The number of likely N-dealkylation sites (tertiary alicyclic amines) is 1. The molecule has 4 rings (SSSR count). The molecular formula is C26H29N3O3S. The number of rotatable bonds is 6. The Morgan fingerprint density at radius 2 is 1.82 bits per heavy atom. The number of carbonyl (C=O) groups excluding carboxylic acids is 2. The van der Waals surface area contributed by atoms with Gasteiger partial charge in [0.1, 0.15) is 0 Å². The fraction of sp³-hybridized carbons (Fsp3) is 0.346. The minimum Gasteiger partial charge on any atom is -0.469 e. The average molecular weight is 464 g/mol. The van der Waals surface area contributed by atoms with Crippen molar-refractivity contribution in [3.63, 3.8) is 0 Å². The Labute approximate surface area is 199 Å². The number of nitrogens with zero attached hydrogens (tertiary/aromatic N) is 2. The first-order valence-electron chi connectivity index (χ1n) is 11.3. The van der Waals surface area contributed by atoms with Gasteiger partial charge in [-0.25, -0.2) is 4.99 Å². The standard InChI is InChI=1S/C26H29N3O3S/c1-32-26(31)17-21-16-24(28-23-10-6-5-9-22(23)27-21)33-18-25(30)29-13-11-20(12-14-29)15-19-7-3-2-4-8-19/h2-10,16,20,27H,11-15,17-18H2,1H3. The Morgan fingerprint density at radius 3 is 2.58 bits per heavy atom. The molecule has 2 heterocycles. The first kappa shape index (κ1) is 23.1. The van der Waals surface area contributed by atoms with E-state index >= 15 is 0 Å². The Kier molecular flexibility index (Phi) is 7.83. The van der Waals surface area contributed by atoms with Gasteiger partial charge in [-0.3, -0.25) is 9.59 Å². The molecule has 0 saturated carbocycles. The molecule has 2 aliphatic heterocycles. The van der Waals surface area contributed by atoms with Crippen LogP contribution in [0.5, 0.6) is 0 Å². The number of amides is 1. The molecule has 1 amide bonds. The SMILES string of the molecule is COC(=O)CC1=CC(SCC(=O)N2CCC(Cc3ccccc3)CC2)=Nc2ccccc2N1. The fourth-order valence-corrected chi connectivity index (χ4v) is 4.99. The summed E-state index contributed by atoms with van der Waals surface area (Å²) in [5.41, 5.74) is 3.68. The summed E-state index contributed by atoms with van der Waals surface area (Å²) >= 11 is 1.41. The minimum atomic E-state index is -0.327. The highest BCUT2D eigenvalue weighted by atomic mass is 32.2. The maximum absolute atomic E-state index is 12.9. The number of aliphatic imine (C=N–C) groups is 1. The fourth-order valence-electron chi connectivity index (χ4n) is 4.14. The third-order valence-corrected chi connectivity index (χ3v) is 6.86. The Bertz CT molecular complexity index is 1040. The van der Waals surface area contributed by atoms with Crippen molar-refractivity contribution >= 4 is 40.1 Å². The molecule has 1 fully saturated rings. The van der Waals surface area contributed by atoms with E-state index in [1.165, 1.54) is 24.4 Å². The summed E-state index contributed by atoms with van der Waals surface area (Å²) < 4.78 is 4.81. The summed E-state index contributed by atoms with van der Waals surface area (Å²) in [6.07, 6.45) is 5.10. The monoisotopic (exact) mass is 463 g/mol. The van der Waals surface area contributed by atoms with Crippen molar-refractivity contribution in [3.05, 3.63) is 71.9 Å². The highest BCUT2D eigenvalue weighted by Crippen LogP contribution is 2.31. The van der Waals surface area contributed by atoms with Gasteiger partial charge in [-0.05, 0) is 49.0 Å². The number of anilines is 1. The lowest BCUT2D eigenvalue weighted by Gasteiger charge is -2.32. The van der Waals surface area contributed by atoms with Gasteiger partial charge < -0.3 is 15.0 Å². The Morgan fingerprint density at radius 1 is 1.09 bits per heavy atom. The van der Waals surface area contributed by atoms with Crippen molar-refractivity contribution in [2.24, 2.45) is 10.9 Å². The number of esters is 1. The molecule has 0 aliphatic carbocycles. The number of hydrogen-bond acceptors (Lipinski definition) is 6. The number of methoxy groups -OCH3 is 1. The number of fused-ring (bicyclic) bond motifs is 1. The molecule has 2 aliphatic rings. The molecule has 172 valence electrons. The molecule has 0 atom stereocenters. The smallest absolute Gasteiger partial charge is 0.311 e. The topological polar surface area (TPSA) is 71.0 Å². The Balaban J connectivity index is 1.34. The van der Waals surface area contributed by atoms with E-state index in [2.05, 4.69) is 29.6 Å². The summed E-state index contributed by atoms with van der Waals surface area (Å²) in [6, 6.07) is 18.2. The van der Waals surface area contributed by atoms with Gasteiger partial charge in [0.2, 0.25) is 5.91 Å². The van der Waals surface area contributed by atoms with Crippen LogP contribution in [0.25, 0.3) is 0 Å². The van der Waals surface area contributed by atoms with Crippen LogP contribution in [-0.2, 0) is 20.7 Å². The summed E-state index contributed by atoms with van der Waals surface area (Å²) in [5, 5.41) is 3.97. The second-order valence-electron chi connectivity index (χ2n) is 8.32. The van der Waals surface area contributed by atoms with Crippen LogP contribution in [0.1, 0.15) is 24.8 Å². The van der Waals surface area contributed by atoms with E-state index in [4.69, 9.17) is 9.73 Å². The van der Waals surface area contributed by atoms with Crippen LogP contribution in [0.2, 0.25) is 0 Å². The Hall–Kier alpha value is -3.06. The molecular weight excluding hydrogens is 434 g/mol. The number of nitrogens with one attached hydrogen (secondary N) is 1. The normalized spacial score (nSPS) is 16.1. The van der Waals surface area contributed by atoms with Gasteiger partial charge in [-0.15, -0.1) is 0 Å². The molecule has 0 spiro atoms. The van der Waals surface area contributed by atoms with Gasteiger partial charge in [-0.2, -0.15) is 0 Å². The maximum Gasteiger partial charge on any atom is 0.311 e. The molecule has 1 saturated heterocycles. The van der Waals surface area contributed by atoms with Crippen LogP contribution in [0.15, 0.2) is 71.4 Å². The molecule has 7 heteroatoms. The molecule has 0 unspecified atom stereocenters. The van der Waals surface area contributed by atoms with Crippen LogP contribution in [0, 0.1) is 5.92 Å². The summed E-state index contributed by atoms with van der Waals surface area (Å²) in [7, 11) is 1.37. The van der Waals surface area contributed by atoms with Gasteiger partial charge in [0, 0.05) is 18.8 Å². The van der Waals surface area contributed by atoms with Crippen molar-refractivity contribution < 1.29 is 14.3 Å². The van der Waals surface area contributed by atoms with Crippen molar-refractivity contribution in [2.75, 3.05) is 31.3 Å². The second kappa shape index (κ2) is 11.2. The van der Waals surface area contributed by atoms with E-state index < -0.39 is 0 Å².